The number of likely N-dealkylation sites (N-methyl/N-ethyl adjacent to an activating group) is 1. The fraction of sp³-hybridized carbons (Fsp3) is 0.467. The topological polar surface area (TPSA) is 49.5 Å². The smallest absolute Gasteiger partial charge is 0.127 e. The van der Waals surface area contributed by atoms with Crippen LogP contribution in [0.4, 0.5) is 4.39 Å². The van der Waals surface area contributed by atoms with Crippen molar-refractivity contribution >= 4 is 34.8 Å². The van der Waals surface area contributed by atoms with Crippen molar-refractivity contribution in [3.8, 4) is 0 Å². The van der Waals surface area contributed by atoms with Gasteiger partial charge in [-0.25, -0.2) is 4.39 Å². The molecule has 0 saturated heterocycles. The van der Waals surface area contributed by atoms with E-state index in [1.165, 1.54) is 12.3 Å². The molecule has 3 N–H and O–H groups in total. The van der Waals surface area contributed by atoms with Gasteiger partial charge in [-0.1, -0.05) is 29.3 Å². The molecule has 0 radical (unpaired) electrons. The number of halogens is 4. The lowest BCUT2D eigenvalue weighted by atomic mass is 9.88. The molecule has 0 heterocycles. The number of nitrogens with zero attached hydrogens (tertiary/aromatic N) is 1. The van der Waals surface area contributed by atoms with E-state index in [-0.39, 0.29) is 18.1 Å². The summed E-state index contributed by atoms with van der Waals surface area (Å²) in [6.07, 6.45) is 2.63. The summed E-state index contributed by atoms with van der Waals surface area (Å²) in [5, 5.41) is 11.7. The summed E-state index contributed by atoms with van der Waals surface area (Å²) in [6, 6.07) is 4.37. The van der Waals surface area contributed by atoms with Gasteiger partial charge >= 0.3 is 0 Å². The van der Waals surface area contributed by atoms with Gasteiger partial charge in [0.15, 0.2) is 0 Å². The van der Waals surface area contributed by atoms with Gasteiger partial charge in [-0.2, -0.15) is 0 Å². The summed E-state index contributed by atoms with van der Waals surface area (Å²) in [7, 11) is 1.69. The van der Waals surface area contributed by atoms with Crippen LogP contribution in [0.15, 0.2) is 29.6 Å². The lowest BCUT2D eigenvalue weighted by Gasteiger charge is -2.37. The Morgan fingerprint density at radius 1 is 1.55 bits per heavy atom. The Balaban J connectivity index is 2.26. The quantitative estimate of drug-likeness (QED) is 0.598. The Hall–Kier alpha value is -0.680. The van der Waals surface area contributed by atoms with E-state index in [0.29, 0.717) is 23.4 Å². The molecule has 1 saturated carbocycles. The molecule has 1 unspecified atom stereocenters. The molecule has 1 aromatic carbocycles. The van der Waals surface area contributed by atoms with Gasteiger partial charge in [-0.05, 0) is 30.5 Å². The summed E-state index contributed by atoms with van der Waals surface area (Å²) in [6.45, 7) is 0.144. The first-order valence-corrected chi connectivity index (χ1v) is 7.98. The molecule has 122 valence electrons. The Kier molecular flexibility index (Phi) is 5.17. The Morgan fingerprint density at radius 3 is 2.68 bits per heavy atom. The number of alkyl halides is 1. The Bertz CT molecular complexity index is 592. The van der Waals surface area contributed by atoms with E-state index in [0.717, 1.165) is 0 Å². The average molecular weight is 368 g/mol. The van der Waals surface area contributed by atoms with Crippen molar-refractivity contribution in [2.45, 2.75) is 29.7 Å². The van der Waals surface area contributed by atoms with E-state index in [1.807, 2.05) is 0 Å². The van der Waals surface area contributed by atoms with Crippen LogP contribution >= 0.6 is 34.8 Å². The molecule has 1 aliphatic rings. The molecular weight excluding hydrogens is 350 g/mol. The fourth-order valence-electron chi connectivity index (χ4n) is 2.51. The number of benzene rings is 1. The third-order valence-electron chi connectivity index (χ3n) is 4.02. The number of hydrogen-bond donors (Lipinski definition) is 2. The zero-order valence-corrected chi connectivity index (χ0v) is 14.4. The number of rotatable bonds is 6. The van der Waals surface area contributed by atoms with Gasteiger partial charge in [-0.15, -0.1) is 11.6 Å². The van der Waals surface area contributed by atoms with E-state index in [4.69, 9.17) is 40.5 Å². The second-order valence-corrected chi connectivity index (χ2v) is 7.30. The monoisotopic (exact) mass is 366 g/mol. The maximum Gasteiger partial charge on any atom is 0.127 e. The molecule has 3 nitrogen and oxygen atoms in total. The van der Waals surface area contributed by atoms with Crippen molar-refractivity contribution in [2.75, 3.05) is 13.6 Å². The van der Waals surface area contributed by atoms with Crippen molar-refractivity contribution in [3.05, 3.63) is 46.0 Å². The molecule has 2 rings (SSSR count). The van der Waals surface area contributed by atoms with E-state index in [1.54, 1.807) is 24.1 Å². The van der Waals surface area contributed by atoms with Gasteiger partial charge in [0.2, 0.25) is 0 Å². The normalized spacial score (nSPS) is 19.6. The standard InChI is InChI=1S/C15H18Cl3FN2O/c1-21(13(17)8-20)9-15(22,14(18)4-5-14)7-10-2-3-11(16)6-12(10)19/h2-3,6,8,22H,4-5,7,9,20H2,1H3/b13-8-. The van der Waals surface area contributed by atoms with Crippen LogP contribution in [0.5, 0.6) is 0 Å². The highest BCUT2D eigenvalue weighted by Crippen LogP contribution is 2.52. The van der Waals surface area contributed by atoms with Gasteiger partial charge in [0, 0.05) is 31.2 Å². The molecule has 0 aliphatic heterocycles. The average Bonchev–Trinajstić information content (AvgIpc) is 3.20. The minimum Gasteiger partial charge on any atom is -0.402 e. The highest BCUT2D eigenvalue weighted by molar-refractivity contribution is 6.30. The first-order chi connectivity index (χ1) is 10.2. The molecular formula is C15H18Cl3FN2O. The van der Waals surface area contributed by atoms with Crippen molar-refractivity contribution in [2.24, 2.45) is 5.73 Å². The molecule has 1 atom stereocenters. The van der Waals surface area contributed by atoms with E-state index >= 15 is 0 Å². The molecule has 1 aliphatic carbocycles. The number of aliphatic hydroxyl groups is 1. The van der Waals surface area contributed by atoms with Crippen LogP contribution in [0.25, 0.3) is 0 Å². The molecule has 0 aromatic heterocycles. The summed E-state index contributed by atoms with van der Waals surface area (Å²) >= 11 is 18.2. The second-order valence-electron chi connectivity index (χ2n) is 5.75. The van der Waals surface area contributed by atoms with Gasteiger partial charge in [0.25, 0.3) is 0 Å². The van der Waals surface area contributed by atoms with Crippen LogP contribution < -0.4 is 5.73 Å². The van der Waals surface area contributed by atoms with Crippen molar-refractivity contribution in [1.82, 2.24) is 4.90 Å². The third-order valence-corrected chi connectivity index (χ3v) is 5.40. The first-order valence-electron chi connectivity index (χ1n) is 6.84. The second kappa shape index (κ2) is 6.44. The lowest BCUT2D eigenvalue weighted by Crippen LogP contribution is -2.51. The molecule has 0 amide bonds. The Labute approximate surface area is 144 Å². The van der Waals surface area contributed by atoms with Gasteiger partial charge in [-0.3, -0.25) is 0 Å². The number of hydrogen-bond acceptors (Lipinski definition) is 3. The van der Waals surface area contributed by atoms with Crippen LogP contribution in [0, 0.1) is 5.82 Å². The van der Waals surface area contributed by atoms with Crippen LogP contribution in [-0.4, -0.2) is 34.1 Å². The molecule has 1 aromatic rings. The minimum absolute atomic E-state index is 0.0680. The maximum absolute atomic E-state index is 14.0. The summed E-state index contributed by atoms with van der Waals surface area (Å²) in [5.74, 6) is -0.463. The minimum atomic E-state index is -1.33. The SMILES string of the molecule is CN(CC(O)(Cc1ccc(Cl)cc1F)C1(Cl)CC1)/C(Cl)=C\N. The highest BCUT2D eigenvalue weighted by atomic mass is 35.5. The molecule has 0 spiro atoms. The maximum atomic E-state index is 14.0. The largest absolute Gasteiger partial charge is 0.402 e. The van der Waals surface area contributed by atoms with E-state index < -0.39 is 16.3 Å². The summed E-state index contributed by atoms with van der Waals surface area (Å²) in [5.41, 5.74) is 4.41. The summed E-state index contributed by atoms with van der Waals surface area (Å²) < 4.78 is 14.0. The van der Waals surface area contributed by atoms with Crippen molar-refractivity contribution in [1.29, 1.82) is 0 Å². The molecule has 7 heteroatoms. The molecule has 1 fully saturated rings. The molecule has 22 heavy (non-hydrogen) atoms. The number of nitrogens with two attached hydrogens (primary N) is 1. The lowest BCUT2D eigenvalue weighted by molar-refractivity contribution is 0.00713. The zero-order chi connectivity index (χ0) is 16.5. The van der Waals surface area contributed by atoms with E-state index in [2.05, 4.69) is 0 Å². The van der Waals surface area contributed by atoms with Crippen molar-refractivity contribution < 1.29 is 9.50 Å². The van der Waals surface area contributed by atoms with Crippen LogP contribution in [-0.2, 0) is 6.42 Å². The van der Waals surface area contributed by atoms with Gasteiger partial charge in [0.1, 0.15) is 16.6 Å². The fourth-order valence-corrected chi connectivity index (χ4v) is 2.95. The third kappa shape index (κ3) is 3.62. The van der Waals surface area contributed by atoms with Gasteiger partial charge < -0.3 is 15.7 Å². The van der Waals surface area contributed by atoms with Crippen LogP contribution in [0.2, 0.25) is 5.02 Å². The summed E-state index contributed by atoms with van der Waals surface area (Å²) in [4.78, 5) is 0.816. The zero-order valence-electron chi connectivity index (χ0n) is 12.1. The van der Waals surface area contributed by atoms with Crippen LogP contribution in [0.1, 0.15) is 18.4 Å². The van der Waals surface area contributed by atoms with Gasteiger partial charge in [0.05, 0.1) is 4.87 Å². The van der Waals surface area contributed by atoms with Crippen molar-refractivity contribution in [3.63, 3.8) is 0 Å². The predicted molar refractivity (Wildman–Crippen MR) is 88.6 cm³/mol. The molecule has 0 bridgehead atoms. The van der Waals surface area contributed by atoms with Crippen LogP contribution in [0.3, 0.4) is 0 Å². The highest BCUT2D eigenvalue weighted by Gasteiger charge is 2.58. The van der Waals surface area contributed by atoms with E-state index in [9.17, 15) is 9.50 Å². The predicted octanol–water partition coefficient (Wildman–Crippen LogP) is 3.45. The first kappa shape index (κ1) is 17.7. The Morgan fingerprint density at radius 2 is 2.18 bits per heavy atom.